The Bertz CT molecular complexity index is 1850. The third-order valence-electron chi connectivity index (χ3n) is 9.11. The van der Waals surface area contributed by atoms with Crippen molar-refractivity contribution in [1.82, 2.24) is 0 Å². The molecule has 0 bridgehead atoms. The first-order chi connectivity index (χ1) is 31.3. The van der Waals surface area contributed by atoms with Crippen molar-refractivity contribution >= 4 is 65.7 Å². The summed E-state index contributed by atoms with van der Waals surface area (Å²) in [4.78, 5) is 137. The van der Waals surface area contributed by atoms with Crippen LogP contribution in [0.1, 0.15) is 76.2 Å². The average Bonchev–Trinajstić information content (AvgIpc) is 3.17. The third-order valence-corrected chi connectivity index (χ3v) is 9.11. The van der Waals surface area contributed by atoms with Gasteiger partial charge in [-0.05, 0) is 0 Å². The Hall–Kier alpha value is -6.03. The Morgan fingerprint density at radius 3 is 0.851 bits per heavy atom. The summed E-state index contributed by atoms with van der Waals surface area (Å²) < 4.78 is 90.6. The van der Waals surface area contributed by atoms with E-state index in [1.807, 2.05) is 0 Å². The van der Waals surface area contributed by atoms with Gasteiger partial charge in [0.25, 0.3) is 0 Å². The van der Waals surface area contributed by atoms with Gasteiger partial charge in [0.05, 0.1) is 0 Å². The second kappa shape index (κ2) is 25.2. The average molecular weight is 967 g/mol. The van der Waals surface area contributed by atoms with E-state index in [1.54, 1.807) is 0 Å². The zero-order valence-corrected chi connectivity index (χ0v) is 38.3. The van der Waals surface area contributed by atoms with Gasteiger partial charge in [-0.3, -0.25) is 52.7 Å². The quantitative estimate of drug-likeness (QED) is 0.114. The van der Waals surface area contributed by atoms with Crippen molar-refractivity contribution in [2.24, 2.45) is 0 Å². The van der Waals surface area contributed by atoms with Crippen molar-refractivity contribution in [3.8, 4) is 0 Å². The van der Waals surface area contributed by atoms with E-state index in [0.29, 0.717) is 0 Å². The molecule has 3 fully saturated rings. The molecular formula is C40H54O27. The summed E-state index contributed by atoms with van der Waals surface area (Å²) in [5.74, 6) is -10.7. The number of carbonyl (C=O) groups excluding carboxylic acids is 11. The highest BCUT2D eigenvalue weighted by Crippen LogP contribution is 2.38. The van der Waals surface area contributed by atoms with Crippen LogP contribution >= 0.6 is 0 Å². The molecule has 27 nitrogen and oxygen atoms in total. The fourth-order valence-corrected chi connectivity index (χ4v) is 7.01. The molecule has 376 valence electrons. The fourth-order valence-electron chi connectivity index (χ4n) is 7.01. The van der Waals surface area contributed by atoms with Gasteiger partial charge < -0.3 is 75.8 Å². The van der Waals surface area contributed by atoms with E-state index in [4.69, 9.17) is 75.8 Å². The third kappa shape index (κ3) is 17.0. The van der Waals surface area contributed by atoms with Crippen LogP contribution in [0.2, 0.25) is 0 Å². The molecule has 0 N–H and O–H groups in total. The van der Waals surface area contributed by atoms with Crippen LogP contribution in [0.15, 0.2) is 0 Å². The summed E-state index contributed by atoms with van der Waals surface area (Å²) in [6.07, 6.45) is -27.7. The van der Waals surface area contributed by atoms with Crippen LogP contribution in [0.3, 0.4) is 0 Å². The molecular weight excluding hydrogens is 912 g/mol. The summed E-state index contributed by atoms with van der Waals surface area (Å²) in [5, 5.41) is 0. The highest BCUT2D eigenvalue weighted by atomic mass is 16.8. The molecule has 0 aromatic carbocycles. The summed E-state index contributed by atoms with van der Waals surface area (Å²) in [6.45, 7) is 8.49. The maximum absolute atomic E-state index is 13.0. The van der Waals surface area contributed by atoms with Crippen molar-refractivity contribution in [2.75, 3.05) is 19.8 Å². The molecule has 3 heterocycles. The van der Waals surface area contributed by atoms with Gasteiger partial charge in [-0.2, -0.15) is 0 Å². The molecule has 27 heteroatoms. The van der Waals surface area contributed by atoms with Crippen LogP contribution in [-0.2, 0) is 129 Å². The van der Waals surface area contributed by atoms with Crippen molar-refractivity contribution in [2.45, 2.75) is 168 Å². The van der Waals surface area contributed by atoms with Crippen LogP contribution in [0.4, 0.5) is 0 Å². The molecule has 0 aromatic rings. The van der Waals surface area contributed by atoms with Gasteiger partial charge in [-0.25, -0.2) is 0 Å². The monoisotopic (exact) mass is 966 g/mol. The molecule has 0 saturated carbocycles. The predicted molar refractivity (Wildman–Crippen MR) is 206 cm³/mol. The maximum atomic E-state index is 13.0. The van der Waals surface area contributed by atoms with Gasteiger partial charge in [0.1, 0.15) is 50.3 Å². The largest absolute Gasteiger partial charge is 0.463 e. The SMILES string of the molecule is CC(=O)OC[C@H]1O[C@H](O[C@@H]2[C@H](OC(C)=O)[C@H](O[C@H]3[C@H](OC(C)=O)[C@@H](OC(C)=O)C(OC(C)=O)O[C@@H]3COC(C)=O)O[C@H](COC(C)=O)[C@H]2OC(C)=O)[C@@H](OC(C)=O)[C@@H](OC(C)=O)[C@@H]1OC(C)=O. The van der Waals surface area contributed by atoms with Crippen LogP contribution < -0.4 is 0 Å². The molecule has 1 unspecified atom stereocenters. The summed E-state index contributed by atoms with van der Waals surface area (Å²) in [7, 11) is 0. The van der Waals surface area contributed by atoms with Crippen LogP contribution in [-0.4, -0.2) is 178 Å². The first-order valence-corrected chi connectivity index (χ1v) is 20.3. The number of hydrogen-bond donors (Lipinski definition) is 0. The minimum atomic E-state index is -2.10. The topological polar surface area (TPSA) is 335 Å². The van der Waals surface area contributed by atoms with E-state index in [9.17, 15) is 52.7 Å². The predicted octanol–water partition coefficient (Wildman–Crippen LogP) is -1.29. The molecule has 3 rings (SSSR count). The fraction of sp³-hybridized carbons (Fsp3) is 0.725. The Labute approximate surface area is 382 Å². The summed E-state index contributed by atoms with van der Waals surface area (Å²) in [6, 6.07) is 0. The van der Waals surface area contributed by atoms with E-state index in [2.05, 4.69) is 0 Å². The zero-order valence-electron chi connectivity index (χ0n) is 38.3. The van der Waals surface area contributed by atoms with E-state index < -0.39 is 178 Å². The number of rotatable bonds is 18. The number of carbonyl (C=O) groups is 11. The van der Waals surface area contributed by atoms with Gasteiger partial charge in [0.2, 0.25) is 12.4 Å². The Morgan fingerprint density at radius 2 is 0.507 bits per heavy atom. The molecule has 3 saturated heterocycles. The van der Waals surface area contributed by atoms with Gasteiger partial charge in [0, 0.05) is 76.2 Å². The van der Waals surface area contributed by atoms with E-state index in [1.165, 1.54) is 0 Å². The Balaban J connectivity index is 2.37. The van der Waals surface area contributed by atoms with E-state index in [-0.39, 0.29) is 0 Å². The molecule has 0 spiro atoms. The van der Waals surface area contributed by atoms with Gasteiger partial charge in [-0.1, -0.05) is 0 Å². The lowest BCUT2D eigenvalue weighted by atomic mass is 9.95. The van der Waals surface area contributed by atoms with Crippen molar-refractivity contribution in [3.05, 3.63) is 0 Å². The molecule has 0 aliphatic carbocycles. The summed E-state index contributed by atoms with van der Waals surface area (Å²) >= 11 is 0. The Morgan fingerprint density at radius 1 is 0.269 bits per heavy atom. The molecule has 0 radical (unpaired) electrons. The van der Waals surface area contributed by atoms with Crippen molar-refractivity contribution in [1.29, 1.82) is 0 Å². The number of hydrogen-bond acceptors (Lipinski definition) is 27. The lowest BCUT2D eigenvalue weighted by Crippen LogP contribution is -2.69. The minimum absolute atomic E-state index is 0.714. The van der Waals surface area contributed by atoms with Crippen LogP contribution in [0.5, 0.6) is 0 Å². The lowest BCUT2D eigenvalue weighted by molar-refractivity contribution is -0.379. The summed E-state index contributed by atoms with van der Waals surface area (Å²) in [5.41, 5.74) is 0. The number of esters is 11. The van der Waals surface area contributed by atoms with E-state index >= 15 is 0 Å². The minimum Gasteiger partial charge on any atom is -0.463 e. The first-order valence-electron chi connectivity index (χ1n) is 20.3. The normalized spacial score (nSPS) is 31.2. The maximum Gasteiger partial charge on any atom is 0.305 e. The zero-order chi connectivity index (χ0) is 50.4. The highest BCUT2D eigenvalue weighted by Gasteiger charge is 2.60. The number of ether oxygens (including phenoxy) is 16. The molecule has 0 aromatic heterocycles. The molecule has 67 heavy (non-hydrogen) atoms. The second-order valence-corrected chi connectivity index (χ2v) is 14.9. The van der Waals surface area contributed by atoms with Gasteiger partial charge >= 0.3 is 65.7 Å². The smallest absolute Gasteiger partial charge is 0.305 e. The van der Waals surface area contributed by atoms with Gasteiger partial charge in [-0.15, -0.1) is 0 Å². The molecule has 15 atom stereocenters. The first kappa shape index (κ1) is 55.3. The van der Waals surface area contributed by atoms with Crippen LogP contribution in [0.25, 0.3) is 0 Å². The van der Waals surface area contributed by atoms with Crippen LogP contribution in [0, 0.1) is 0 Å². The van der Waals surface area contributed by atoms with Crippen molar-refractivity contribution in [3.63, 3.8) is 0 Å². The van der Waals surface area contributed by atoms with Crippen molar-refractivity contribution < 1.29 is 129 Å². The standard InChI is InChI=1S/C40H54O27/c1-15(41)52-12-26-29(55-18(4)44)32(57-20(6)46)36(60-23(9)49)40(65-26)67-34-30(56-19(5)45)27(13-53-16(2)42)64-39(37(34)61-24(10)50)66-31-28(14-54-17(3)43)63-38(62-25(11)51)35(59-22(8)48)33(31)58-21(7)47/h26-40H,12-14H2,1-11H3/t26-,27-,28-,29-,30-,31-,32+,33+,34+,35-,36+,37+,38?,39+,40-/m1/s1. The van der Waals surface area contributed by atoms with Gasteiger partial charge in [0.15, 0.2) is 49.2 Å². The van der Waals surface area contributed by atoms with E-state index in [0.717, 1.165) is 76.2 Å². The lowest BCUT2D eigenvalue weighted by Gasteiger charge is -2.50. The molecule has 3 aliphatic rings. The molecule has 0 amide bonds. The molecule has 3 aliphatic heterocycles. The highest BCUT2D eigenvalue weighted by molar-refractivity contribution is 5.70. The second-order valence-electron chi connectivity index (χ2n) is 14.9. The Kier molecular flexibility index (Phi) is 20.8.